The Bertz CT molecular complexity index is 475. The van der Waals surface area contributed by atoms with Crippen LogP contribution in [0, 0.1) is 13.8 Å². The van der Waals surface area contributed by atoms with E-state index in [4.69, 9.17) is 10.3 Å². The number of aryl methyl sites for hydroxylation is 2. The highest BCUT2D eigenvalue weighted by Crippen LogP contribution is 2.27. The van der Waals surface area contributed by atoms with Crippen molar-refractivity contribution in [2.24, 2.45) is 5.73 Å². The van der Waals surface area contributed by atoms with Crippen molar-refractivity contribution in [1.29, 1.82) is 0 Å². The first-order valence-electron chi connectivity index (χ1n) is 5.15. The van der Waals surface area contributed by atoms with E-state index in [0.29, 0.717) is 24.4 Å². The first kappa shape index (κ1) is 11.6. The van der Waals surface area contributed by atoms with Gasteiger partial charge in [-0.2, -0.15) is 4.31 Å². The molecule has 0 bridgehead atoms. The Hall–Kier alpha value is -0.920. The van der Waals surface area contributed by atoms with Gasteiger partial charge in [0.15, 0.2) is 5.76 Å². The van der Waals surface area contributed by atoms with Crippen LogP contribution in [0.3, 0.4) is 0 Å². The zero-order valence-electron chi connectivity index (χ0n) is 9.30. The summed E-state index contributed by atoms with van der Waals surface area (Å²) in [6.07, 6.45) is 1.06. The molecule has 1 aliphatic rings. The quantitative estimate of drug-likeness (QED) is 0.812. The fourth-order valence-electron chi connectivity index (χ4n) is 2.02. The third-order valence-electron chi connectivity index (χ3n) is 2.78. The van der Waals surface area contributed by atoms with Gasteiger partial charge in [-0.1, -0.05) is 5.16 Å². The lowest BCUT2D eigenvalue weighted by Crippen LogP contribution is -2.41. The summed E-state index contributed by atoms with van der Waals surface area (Å²) in [6, 6.07) is 0. The summed E-state index contributed by atoms with van der Waals surface area (Å²) < 4.78 is 30.8. The van der Waals surface area contributed by atoms with Crippen LogP contribution >= 0.6 is 0 Å². The number of hydrogen-bond acceptors (Lipinski definition) is 5. The first-order valence-corrected chi connectivity index (χ1v) is 6.59. The Morgan fingerprint density at radius 1 is 1.50 bits per heavy atom. The van der Waals surface area contributed by atoms with Gasteiger partial charge in [-0.3, -0.25) is 0 Å². The van der Waals surface area contributed by atoms with Crippen LogP contribution in [-0.2, 0) is 10.0 Å². The van der Waals surface area contributed by atoms with E-state index in [-0.39, 0.29) is 4.90 Å². The smallest absolute Gasteiger partial charge is 0.249 e. The van der Waals surface area contributed by atoms with Gasteiger partial charge >= 0.3 is 0 Å². The van der Waals surface area contributed by atoms with E-state index in [9.17, 15) is 8.42 Å². The third-order valence-corrected chi connectivity index (χ3v) is 4.95. The number of hydrogen-bond donors (Lipinski definition) is 1. The summed E-state index contributed by atoms with van der Waals surface area (Å²) in [4.78, 5) is 0.157. The molecule has 90 valence electrons. The average Bonchev–Trinajstić information content (AvgIpc) is 2.73. The number of rotatable bonds is 2. The van der Waals surface area contributed by atoms with Crippen LogP contribution in [0.1, 0.15) is 24.3 Å². The molecule has 1 atom stereocenters. The minimum atomic E-state index is -3.55. The lowest BCUT2D eigenvalue weighted by molar-refractivity contribution is 0.384. The summed E-state index contributed by atoms with van der Waals surface area (Å²) >= 11 is 0. The molecule has 1 saturated heterocycles. The number of sulfonamides is 1. The van der Waals surface area contributed by atoms with Gasteiger partial charge in [0.2, 0.25) is 10.0 Å². The fraction of sp³-hybridized carbons (Fsp3) is 0.667. The topological polar surface area (TPSA) is 89.4 Å². The molecule has 2 heterocycles. The number of nitrogens with zero attached hydrogens (tertiary/aromatic N) is 2. The highest BCUT2D eigenvalue weighted by atomic mass is 32.2. The largest absolute Gasteiger partial charge is 0.360 e. The predicted molar refractivity (Wildman–Crippen MR) is 57.1 cm³/mol. The van der Waals surface area contributed by atoms with Crippen LogP contribution in [0.5, 0.6) is 0 Å². The lowest BCUT2D eigenvalue weighted by Gasteiger charge is -2.20. The monoisotopic (exact) mass is 245 g/mol. The molecule has 1 unspecified atom stereocenters. The molecule has 0 spiro atoms. The van der Waals surface area contributed by atoms with Gasteiger partial charge in [0.05, 0.1) is 6.17 Å². The van der Waals surface area contributed by atoms with Crippen LogP contribution in [-0.4, -0.2) is 30.6 Å². The Balaban J connectivity index is 2.47. The lowest BCUT2D eigenvalue weighted by atomic mass is 10.3. The van der Waals surface area contributed by atoms with E-state index in [1.165, 1.54) is 4.31 Å². The van der Waals surface area contributed by atoms with Crippen molar-refractivity contribution in [3.63, 3.8) is 0 Å². The van der Waals surface area contributed by atoms with E-state index < -0.39 is 16.2 Å². The molecule has 0 aromatic carbocycles. The second-order valence-electron chi connectivity index (χ2n) is 3.98. The zero-order chi connectivity index (χ0) is 11.9. The molecule has 0 amide bonds. The maximum absolute atomic E-state index is 12.3. The standard InChI is InChI=1S/C9H15N3O3S/c1-6-9(7(2)15-11-6)16(13,14)12-5-3-4-8(12)10/h8H,3-5,10H2,1-2H3. The molecule has 0 radical (unpaired) electrons. The number of nitrogens with two attached hydrogens (primary N) is 1. The summed E-state index contributed by atoms with van der Waals surface area (Å²) in [7, 11) is -3.55. The van der Waals surface area contributed by atoms with Gasteiger partial charge in [0.1, 0.15) is 10.6 Å². The fourth-order valence-corrected chi connectivity index (χ4v) is 3.90. The second kappa shape index (κ2) is 3.83. The molecule has 1 aromatic heterocycles. The molecule has 7 heteroatoms. The van der Waals surface area contributed by atoms with Crippen LogP contribution in [0.15, 0.2) is 9.42 Å². The molecule has 0 aliphatic carbocycles. The van der Waals surface area contributed by atoms with E-state index in [2.05, 4.69) is 5.16 Å². The zero-order valence-corrected chi connectivity index (χ0v) is 10.1. The van der Waals surface area contributed by atoms with E-state index >= 15 is 0 Å². The van der Waals surface area contributed by atoms with Gasteiger partial charge in [0, 0.05) is 6.54 Å². The normalized spacial score (nSPS) is 22.8. The molecule has 1 aromatic rings. The van der Waals surface area contributed by atoms with Crippen molar-refractivity contribution in [3.05, 3.63) is 11.5 Å². The molecule has 16 heavy (non-hydrogen) atoms. The Labute approximate surface area is 94.4 Å². The molecular weight excluding hydrogens is 230 g/mol. The van der Waals surface area contributed by atoms with Crippen LogP contribution < -0.4 is 5.73 Å². The van der Waals surface area contributed by atoms with E-state index in [1.54, 1.807) is 13.8 Å². The second-order valence-corrected chi connectivity index (χ2v) is 5.81. The van der Waals surface area contributed by atoms with Crippen molar-refractivity contribution in [2.45, 2.75) is 37.8 Å². The van der Waals surface area contributed by atoms with Gasteiger partial charge in [0.25, 0.3) is 0 Å². The van der Waals surface area contributed by atoms with Crippen molar-refractivity contribution in [3.8, 4) is 0 Å². The first-order chi connectivity index (χ1) is 7.44. The maximum atomic E-state index is 12.3. The minimum Gasteiger partial charge on any atom is -0.360 e. The highest BCUT2D eigenvalue weighted by molar-refractivity contribution is 7.89. The van der Waals surface area contributed by atoms with Crippen molar-refractivity contribution in [2.75, 3.05) is 6.54 Å². The molecule has 1 aliphatic heterocycles. The SMILES string of the molecule is Cc1noc(C)c1S(=O)(=O)N1CCCC1N. The van der Waals surface area contributed by atoms with Gasteiger partial charge < -0.3 is 10.3 Å². The summed E-state index contributed by atoms with van der Waals surface area (Å²) in [5.74, 6) is 0.316. The van der Waals surface area contributed by atoms with Gasteiger partial charge in [-0.15, -0.1) is 0 Å². The van der Waals surface area contributed by atoms with Gasteiger partial charge in [-0.25, -0.2) is 8.42 Å². The summed E-state index contributed by atoms with van der Waals surface area (Å²) in [6.45, 7) is 3.67. The highest BCUT2D eigenvalue weighted by Gasteiger charge is 2.36. The van der Waals surface area contributed by atoms with Gasteiger partial charge in [-0.05, 0) is 26.7 Å². The van der Waals surface area contributed by atoms with Crippen molar-refractivity contribution < 1.29 is 12.9 Å². The van der Waals surface area contributed by atoms with Crippen LogP contribution in [0.25, 0.3) is 0 Å². The average molecular weight is 245 g/mol. The predicted octanol–water partition coefficient (Wildman–Crippen LogP) is 0.361. The Kier molecular flexibility index (Phi) is 2.77. The van der Waals surface area contributed by atoms with Crippen molar-refractivity contribution >= 4 is 10.0 Å². The summed E-state index contributed by atoms with van der Waals surface area (Å²) in [5, 5.41) is 3.66. The van der Waals surface area contributed by atoms with Crippen molar-refractivity contribution in [1.82, 2.24) is 9.46 Å². The molecule has 1 fully saturated rings. The van der Waals surface area contributed by atoms with E-state index in [1.807, 2.05) is 0 Å². The van der Waals surface area contributed by atoms with Crippen LogP contribution in [0.4, 0.5) is 0 Å². The molecule has 6 nitrogen and oxygen atoms in total. The molecular formula is C9H15N3O3S. The minimum absolute atomic E-state index is 0.157. The van der Waals surface area contributed by atoms with Crippen LogP contribution in [0.2, 0.25) is 0 Å². The maximum Gasteiger partial charge on any atom is 0.249 e. The Morgan fingerprint density at radius 2 is 2.19 bits per heavy atom. The molecule has 2 N–H and O–H groups in total. The summed E-state index contributed by atoms with van der Waals surface area (Å²) in [5.41, 5.74) is 6.15. The molecule has 2 rings (SSSR count). The number of aromatic nitrogens is 1. The van der Waals surface area contributed by atoms with E-state index in [0.717, 1.165) is 6.42 Å². The third kappa shape index (κ3) is 1.64. The Morgan fingerprint density at radius 3 is 2.62 bits per heavy atom. The molecule has 0 saturated carbocycles.